The Morgan fingerprint density at radius 2 is 2.22 bits per heavy atom. The van der Waals surface area contributed by atoms with E-state index in [4.69, 9.17) is 0 Å². The highest BCUT2D eigenvalue weighted by atomic mass is 16.2. The number of carbonyl (C=O) groups excluding carboxylic acids is 1. The molecule has 92 valence electrons. The third-order valence-corrected chi connectivity index (χ3v) is 2.33. The summed E-state index contributed by atoms with van der Waals surface area (Å²) in [6.45, 7) is 0.557. The van der Waals surface area contributed by atoms with E-state index < -0.39 is 0 Å². The molecule has 18 heavy (non-hydrogen) atoms. The molecule has 0 bridgehead atoms. The summed E-state index contributed by atoms with van der Waals surface area (Å²) >= 11 is 0. The Morgan fingerprint density at radius 1 is 1.39 bits per heavy atom. The molecule has 6 nitrogen and oxygen atoms in total. The maximum atomic E-state index is 11.2. The summed E-state index contributed by atoms with van der Waals surface area (Å²) in [6, 6.07) is 5.62. The van der Waals surface area contributed by atoms with Crippen LogP contribution in [-0.2, 0) is 4.79 Å². The first kappa shape index (κ1) is 12.1. The first-order valence-corrected chi connectivity index (χ1v) is 5.62. The van der Waals surface area contributed by atoms with Gasteiger partial charge in [0.1, 0.15) is 0 Å². The second-order valence-electron chi connectivity index (χ2n) is 3.67. The van der Waals surface area contributed by atoms with E-state index in [1.807, 2.05) is 18.2 Å². The number of hydrogen-bond acceptors (Lipinski definition) is 4. The molecule has 1 aromatic heterocycles. The van der Waals surface area contributed by atoms with Gasteiger partial charge in [0.25, 0.3) is 0 Å². The lowest BCUT2D eigenvalue weighted by molar-refractivity contribution is -0.366. The van der Waals surface area contributed by atoms with E-state index in [9.17, 15) is 4.79 Å². The summed E-state index contributed by atoms with van der Waals surface area (Å²) in [5.41, 5.74) is 8.41. The number of para-hydroxylation sites is 1. The monoisotopic (exact) mass is 244 g/mol. The minimum Gasteiger partial charge on any atom is -0.357 e. The van der Waals surface area contributed by atoms with Crippen LogP contribution in [0.3, 0.4) is 0 Å². The van der Waals surface area contributed by atoms with Crippen LogP contribution in [0.5, 0.6) is 0 Å². The largest absolute Gasteiger partial charge is 0.357 e. The number of hydrogen-bond donors (Lipinski definition) is 2. The molecule has 1 amide bonds. The van der Waals surface area contributed by atoms with Crippen LogP contribution in [-0.4, -0.2) is 28.6 Å². The van der Waals surface area contributed by atoms with Gasteiger partial charge in [0, 0.05) is 18.0 Å². The van der Waals surface area contributed by atoms with Gasteiger partial charge in [-0.3, -0.25) is 14.8 Å². The van der Waals surface area contributed by atoms with Crippen LogP contribution in [0.1, 0.15) is 12.0 Å². The Morgan fingerprint density at radius 3 is 3.06 bits per heavy atom. The Balaban J connectivity index is 2.16. The quantitative estimate of drug-likeness (QED) is 0.571. The third kappa shape index (κ3) is 2.86. The number of fused-ring (bicyclic) bond motifs is 1. The molecule has 6 heteroatoms. The molecule has 2 rings (SSSR count). The lowest BCUT2D eigenvalue weighted by Crippen LogP contribution is -2.51. The second kappa shape index (κ2) is 5.83. The number of benzene rings is 1. The summed E-state index contributed by atoms with van der Waals surface area (Å²) in [7, 11) is 0. The first-order valence-electron chi connectivity index (χ1n) is 5.62. The molecular weight excluding hydrogens is 230 g/mol. The van der Waals surface area contributed by atoms with E-state index in [1.165, 1.54) is 0 Å². The van der Waals surface area contributed by atoms with Crippen molar-refractivity contribution in [3.63, 3.8) is 0 Å². The molecular formula is C12H14N5O+. The highest BCUT2D eigenvalue weighted by Crippen LogP contribution is 2.11. The maximum absolute atomic E-state index is 11.2. The van der Waals surface area contributed by atoms with Gasteiger partial charge in [-0.15, -0.1) is 0 Å². The zero-order valence-electron chi connectivity index (χ0n) is 9.84. The number of rotatable bonds is 4. The molecule has 0 spiro atoms. The molecule has 1 aromatic carbocycles. The number of carbonyl (C=O) groups is 1. The summed E-state index contributed by atoms with van der Waals surface area (Å²) in [5, 5.41) is 3.89. The maximum Gasteiger partial charge on any atom is 0.245 e. The van der Waals surface area contributed by atoms with Gasteiger partial charge < -0.3 is 5.73 Å². The molecule has 0 saturated heterocycles. The second-order valence-corrected chi connectivity index (χ2v) is 3.67. The van der Waals surface area contributed by atoms with Crippen molar-refractivity contribution >= 4 is 23.2 Å². The molecule has 0 aliphatic heterocycles. The fourth-order valence-corrected chi connectivity index (χ4v) is 1.51. The SMILES string of the molecule is [NH3+]CCC(=O)N/N=C\c1cccc2nccnc12. The number of hydrazone groups is 1. The van der Waals surface area contributed by atoms with Gasteiger partial charge in [-0.2, -0.15) is 5.10 Å². The standard InChI is InChI=1S/C12H13N5O/c13-5-4-11(18)17-16-8-9-2-1-3-10-12(9)15-7-6-14-10/h1-3,6-8H,4-5,13H2,(H,17,18)/p+1/b16-8-. The molecule has 0 atom stereocenters. The number of amides is 1. The van der Waals surface area contributed by atoms with E-state index in [1.54, 1.807) is 18.6 Å². The van der Waals surface area contributed by atoms with Crippen LogP contribution in [0.15, 0.2) is 35.7 Å². The van der Waals surface area contributed by atoms with E-state index in [0.717, 1.165) is 16.6 Å². The van der Waals surface area contributed by atoms with E-state index in [0.29, 0.717) is 13.0 Å². The summed E-state index contributed by atoms with van der Waals surface area (Å²) < 4.78 is 0. The van der Waals surface area contributed by atoms with Crippen molar-refractivity contribution in [1.29, 1.82) is 0 Å². The minimum atomic E-state index is -0.146. The molecule has 0 aliphatic carbocycles. The van der Waals surface area contributed by atoms with Crippen molar-refractivity contribution in [2.24, 2.45) is 5.10 Å². The highest BCUT2D eigenvalue weighted by molar-refractivity contribution is 5.96. The van der Waals surface area contributed by atoms with Crippen molar-refractivity contribution in [3.8, 4) is 0 Å². The van der Waals surface area contributed by atoms with Crippen molar-refractivity contribution in [1.82, 2.24) is 15.4 Å². The molecule has 1 heterocycles. The average Bonchev–Trinajstić information content (AvgIpc) is 2.39. The van der Waals surface area contributed by atoms with Crippen LogP contribution in [0, 0.1) is 0 Å². The van der Waals surface area contributed by atoms with Gasteiger partial charge in [-0.05, 0) is 6.07 Å². The van der Waals surface area contributed by atoms with Gasteiger partial charge in [0.15, 0.2) is 0 Å². The normalized spacial score (nSPS) is 10.9. The number of nitrogens with zero attached hydrogens (tertiary/aromatic N) is 3. The van der Waals surface area contributed by atoms with Gasteiger partial charge >= 0.3 is 0 Å². The summed E-state index contributed by atoms with van der Waals surface area (Å²) in [5.74, 6) is -0.146. The fraction of sp³-hybridized carbons (Fsp3) is 0.167. The van der Waals surface area contributed by atoms with E-state index in [2.05, 4.69) is 26.2 Å². The van der Waals surface area contributed by atoms with Crippen LogP contribution >= 0.6 is 0 Å². The zero-order chi connectivity index (χ0) is 12.8. The van der Waals surface area contributed by atoms with Crippen molar-refractivity contribution in [2.45, 2.75) is 6.42 Å². The van der Waals surface area contributed by atoms with Crippen molar-refractivity contribution in [3.05, 3.63) is 36.2 Å². The number of aromatic nitrogens is 2. The minimum absolute atomic E-state index is 0.146. The summed E-state index contributed by atoms with van der Waals surface area (Å²) in [4.78, 5) is 19.6. The lowest BCUT2D eigenvalue weighted by atomic mass is 10.2. The van der Waals surface area contributed by atoms with Gasteiger partial charge in [0.2, 0.25) is 5.91 Å². The molecule has 0 unspecified atom stereocenters. The van der Waals surface area contributed by atoms with Crippen molar-refractivity contribution < 1.29 is 10.5 Å². The topological polar surface area (TPSA) is 94.9 Å². The first-order chi connectivity index (χ1) is 8.81. The third-order valence-electron chi connectivity index (χ3n) is 2.33. The zero-order valence-corrected chi connectivity index (χ0v) is 9.84. The predicted molar refractivity (Wildman–Crippen MR) is 67.6 cm³/mol. The average molecular weight is 244 g/mol. The van der Waals surface area contributed by atoms with Gasteiger partial charge in [-0.25, -0.2) is 5.43 Å². The molecule has 0 saturated carbocycles. The van der Waals surface area contributed by atoms with Gasteiger partial charge in [-0.1, -0.05) is 12.1 Å². The Hall–Kier alpha value is -2.34. The lowest BCUT2D eigenvalue weighted by Gasteiger charge is -1.99. The van der Waals surface area contributed by atoms with Gasteiger partial charge in [0.05, 0.1) is 30.2 Å². The fourth-order valence-electron chi connectivity index (χ4n) is 1.51. The Labute approximate surface area is 104 Å². The van der Waals surface area contributed by atoms with E-state index in [-0.39, 0.29) is 5.91 Å². The Bertz CT molecular complexity index is 576. The smallest absolute Gasteiger partial charge is 0.245 e. The van der Waals surface area contributed by atoms with Crippen LogP contribution in [0.4, 0.5) is 0 Å². The number of quaternary nitrogens is 1. The summed E-state index contributed by atoms with van der Waals surface area (Å²) in [6.07, 6.45) is 5.20. The molecule has 4 N–H and O–H groups in total. The van der Waals surface area contributed by atoms with Crippen LogP contribution in [0.25, 0.3) is 11.0 Å². The molecule has 0 aliphatic rings. The van der Waals surface area contributed by atoms with Crippen LogP contribution in [0.2, 0.25) is 0 Å². The number of nitrogens with one attached hydrogen (secondary N) is 1. The van der Waals surface area contributed by atoms with Crippen LogP contribution < -0.4 is 11.2 Å². The molecule has 0 radical (unpaired) electrons. The van der Waals surface area contributed by atoms with E-state index >= 15 is 0 Å². The predicted octanol–water partition coefficient (Wildman–Crippen LogP) is -0.288. The molecule has 0 fully saturated rings. The highest BCUT2D eigenvalue weighted by Gasteiger charge is 2.00. The molecule has 2 aromatic rings. The Kier molecular flexibility index (Phi) is 3.93. The van der Waals surface area contributed by atoms with Crippen molar-refractivity contribution in [2.75, 3.05) is 6.54 Å².